The van der Waals surface area contributed by atoms with Gasteiger partial charge in [-0.25, -0.2) is 19.0 Å². The second kappa shape index (κ2) is 10.2. The molecule has 12 heteroatoms. The number of benzene rings is 1. The van der Waals surface area contributed by atoms with Crippen molar-refractivity contribution in [3.8, 4) is 11.5 Å². The molecule has 5 heterocycles. The Balaban J connectivity index is 1.23. The van der Waals surface area contributed by atoms with E-state index in [1.807, 2.05) is 49.5 Å². The summed E-state index contributed by atoms with van der Waals surface area (Å²) in [7, 11) is 0. The van der Waals surface area contributed by atoms with Crippen LogP contribution in [0.15, 0.2) is 61.4 Å². The lowest BCUT2D eigenvalue weighted by Crippen LogP contribution is -2.42. The van der Waals surface area contributed by atoms with Gasteiger partial charge in [-0.2, -0.15) is 14.6 Å². The van der Waals surface area contributed by atoms with E-state index in [-0.39, 0.29) is 12.2 Å². The summed E-state index contributed by atoms with van der Waals surface area (Å²) in [5, 5.41) is 9.46. The van der Waals surface area contributed by atoms with Crippen LogP contribution < -0.4 is 10.1 Å². The Morgan fingerprint density at radius 3 is 2.74 bits per heavy atom. The van der Waals surface area contributed by atoms with Crippen molar-refractivity contribution in [1.82, 2.24) is 34.1 Å². The monoisotopic (exact) mass is 548 g/mol. The predicted octanol–water partition coefficient (Wildman–Crippen LogP) is 5.25. The summed E-state index contributed by atoms with van der Waals surface area (Å²) in [6.45, 7) is 2.78. The number of halogens is 2. The number of aryl methyl sites for hydroxylation is 1. The third-order valence-electron chi connectivity index (χ3n) is 7.13. The highest BCUT2D eigenvalue weighted by molar-refractivity contribution is 6.29. The van der Waals surface area contributed by atoms with Crippen molar-refractivity contribution in [2.75, 3.05) is 18.4 Å². The largest absolute Gasteiger partial charge is 0.457 e. The average Bonchev–Trinajstić information content (AvgIpc) is 3.51. The molecule has 0 amide bonds. The van der Waals surface area contributed by atoms with Crippen LogP contribution in [-0.4, -0.2) is 58.7 Å². The van der Waals surface area contributed by atoms with Gasteiger partial charge in [0, 0.05) is 37.2 Å². The number of carbonyl (C=O) groups is 1. The number of pyridine rings is 1. The summed E-state index contributed by atoms with van der Waals surface area (Å²) in [6, 6.07) is 11.5. The maximum absolute atomic E-state index is 14.4. The molecular formula is C27H26ClFN8O2. The van der Waals surface area contributed by atoms with Crippen LogP contribution >= 0.6 is 11.6 Å². The molecule has 1 fully saturated rings. The Morgan fingerprint density at radius 2 is 1.90 bits per heavy atom. The van der Waals surface area contributed by atoms with Crippen molar-refractivity contribution < 1.29 is 13.9 Å². The van der Waals surface area contributed by atoms with E-state index in [1.165, 1.54) is 17.6 Å². The zero-order valence-electron chi connectivity index (χ0n) is 21.2. The number of anilines is 2. The van der Waals surface area contributed by atoms with Crippen LogP contribution in [0.3, 0.4) is 0 Å². The highest BCUT2D eigenvalue weighted by atomic mass is 35.5. The van der Waals surface area contributed by atoms with Crippen molar-refractivity contribution in [3.63, 3.8) is 0 Å². The molecule has 6 rings (SSSR count). The van der Waals surface area contributed by atoms with Crippen molar-refractivity contribution in [2.45, 2.75) is 37.4 Å². The van der Waals surface area contributed by atoms with E-state index in [0.29, 0.717) is 36.7 Å². The van der Waals surface area contributed by atoms with Crippen LogP contribution in [0.5, 0.6) is 11.5 Å². The van der Waals surface area contributed by atoms with Gasteiger partial charge in [-0.3, -0.25) is 9.69 Å². The molecule has 1 aliphatic heterocycles. The van der Waals surface area contributed by atoms with E-state index in [0.717, 1.165) is 40.9 Å². The van der Waals surface area contributed by atoms with E-state index in [9.17, 15) is 9.18 Å². The Hall–Kier alpha value is -4.09. The summed E-state index contributed by atoms with van der Waals surface area (Å²) in [4.78, 5) is 21.3. The molecule has 0 saturated carbocycles. The van der Waals surface area contributed by atoms with Gasteiger partial charge in [-0.1, -0.05) is 11.6 Å². The fourth-order valence-electron chi connectivity index (χ4n) is 5.14. The van der Waals surface area contributed by atoms with Crippen LogP contribution in [0, 0.1) is 6.92 Å². The minimum atomic E-state index is -2.47. The molecule has 1 saturated heterocycles. The number of hydrogen-bond donors (Lipinski definition) is 1. The number of hydrogen-bond acceptors (Lipinski definition) is 8. The van der Waals surface area contributed by atoms with Crippen LogP contribution in [0.2, 0.25) is 0 Å². The molecule has 1 aliphatic rings. The standard InChI is InChI=1S/C27H26ClFN8O2/c1-18-13-20(4-5-23(18)39-21-7-11-36-24(14-21)30-16-32-36)34-26-25-22(8-12-37(25)33-17-31-26)19-3-2-9-35(10-6-19)27(28,29)15-38/h4-5,7-8,11-17,19H,2-3,6,9-10H2,1H3,(H,31,33,34). The number of aldehydes is 1. The summed E-state index contributed by atoms with van der Waals surface area (Å²) < 4.78 is 24.0. The van der Waals surface area contributed by atoms with Crippen LogP contribution in [0.4, 0.5) is 15.9 Å². The van der Waals surface area contributed by atoms with E-state index in [4.69, 9.17) is 16.3 Å². The maximum atomic E-state index is 14.4. The molecule has 200 valence electrons. The van der Waals surface area contributed by atoms with Crippen molar-refractivity contribution >= 4 is 40.6 Å². The lowest BCUT2D eigenvalue weighted by molar-refractivity contribution is -0.121. The van der Waals surface area contributed by atoms with E-state index in [1.54, 1.807) is 15.2 Å². The normalized spacial score (nSPS) is 18.1. The predicted molar refractivity (Wildman–Crippen MR) is 144 cm³/mol. The lowest BCUT2D eigenvalue weighted by Gasteiger charge is -2.26. The van der Waals surface area contributed by atoms with Crippen molar-refractivity contribution in [1.29, 1.82) is 0 Å². The summed E-state index contributed by atoms with van der Waals surface area (Å²) >= 11 is 5.78. The number of carbonyl (C=O) groups excluding carboxylic acids is 1. The molecule has 1 aromatic carbocycles. The van der Waals surface area contributed by atoms with Crippen molar-refractivity contribution in [3.05, 3.63) is 72.6 Å². The second-order valence-electron chi connectivity index (χ2n) is 9.63. The molecule has 2 atom stereocenters. The number of likely N-dealkylation sites (tertiary alicyclic amines) is 1. The lowest BCUT2D eigenvalue weighted by atomic mass is 9.93. The quantitative estimate of drug-likeness (QED) is 0.167. The number of nitrogens with zero attached hydrogens (tertiary/aromatic N) is 7. The molecule has 39 heavy (non-hydrogen) atoms. The van der Waals surface area contributed by atoms with Gasteiger partial charge in [-0.15, -0.1) is 0 Å². The van der Waals surface area contributed by atoms with Gasteiger partial charge in [0.15, 0.2) is 17.8 Å². The van der Waals surface area contributed by atoms with Gasteiger partial charge in [0.25, 0.3) is 5.25 Å². The van der Waals surface area contributed by atoms with E-state index >= 15 is 0 Å². The average molecular weight is 549 g/mol. The molecular weight excluding hydrogens is 523 g/mol. The molecule has 1 N–H and O–H groups in total. The second-order valence-corrected chi connectivity index (χ2v) is 10.2. The number of ether oxygens (including phenoxy) is 1. The number of fused-ring (bicyclic) bond motifs is 2. The highest BCUT2D eigenvalue weighted by Gasteiger charge is 2.36. The van der Waals surface area contributed by atoms with Crippen LogP contribution in [0.1, 0.15) is 36.3 Å². The summed E-state index contributed by atoms with van der Waals surface area (Å²) in [5.41, 5.74) is 4.43. The first-order valence-corrected chi connectivity index (χ1v) is 13.1. The molecule has 0 spiro atoms. The first-order chi connectivity index (χ1) is 18.9. The Morgan fingerprint density at radius 1 is 1.08 bits per heavy atom. The summed E-state index contributed by atoms with van der Waals surface area (Å²) in [6.07, 6.45) is 9.08. The maximum Gasteiger partial charge on any atom is 0.295 e. The Labute approximate surface area is 228 Å². The van der Waals surface area contributed by atoms with Gasteiger partial charge in [0.2, 0.25) is 0 Å². The molecule has 2 unspecified atom stereocenters. The zero-order valence-corrected chi connectivity index (χ0v) is 21.9. The number of aromatic nitrogens is 6. The van der Waals surface area contributed by atoms with Gasteiger partial charge in [0.1, 0.15) is 29.7 Å². The molecule has 0 bridgehead atoms. The zero-order chi connectivity index (χ0) is 27.0. The smallest absolute Gasteiger partial charge is 0.295 e. The number of rotatable bonds is 7. The van der Waals surface area contributed by atoms with Crippen LogP contribution in [-0.2, 0) is 4.79 Å². The first kappa shape index (κ1) is 25.2. The van der Waals surface area contributed by atoms with Crippen molar-refractivity contribution in [2.24, 2.45) is 0 Å². The van der Waals surface area contributed by atoms with E-state index < -0.39 is 5.25 Å². The fourth-order valence-corrected chi connectivity index (χ4v) is 5.31. The Bertz CT molecular complexity index is 1650. The summed E-state index contributed by atoms with van der Waals surface area (Å²) in [5.74, 6) is 2.21. The SMILES string of the molecule is Cc1cc(Nc2ncnn3ccc(C4CCCN(C(F)(Cl)C=O)CC4)c23)ccc1Oc1ccn2ncnc2c1. The topological polar surface area (TPSA) is 102 Å². The van der Waals surface area contributed by atoms with E-state index in [2.05, 4.69) is 25.5 Å². The fraction of sp³-hybridized carbons (Fsp3) is 0.296. The molecule has 4 aromatic heterocycles. The first-order valence-electron chi connectivity index (χ1n) is 12.7. The molecule has 0 aliphatic carbocycles. The minimum absolute atomic E-state index is 0.144. The highest BCUT2D eigenvalue weighted by Crippen LogP contribution is 2.37. The Kier molecular flexibility index (Phi) is 6.61. The molecule has 0 radical (unpaired) electrons. The molecule has 10 nitrogen and oxygen atoms in total. The third-order valence-corrected chi connectivity index (χ3v) is 7.46. The minimum Gasteiger partial charge on any atom is -0.457 e. The van der Waals surface area contributed by atoms with Gasteiger partial charge in [0.05, 0.1) is 0 Å². The van der Waals surface area contributed by atoms with Gasteiger partial charge < -0.3 is 10.1 Å². The number of nitrogens with one attached hydrogen (secondary N) is 1. The third kappa shape index (κ3) is 5.02. The number of alkyl halides is 2. The van der Waals surface area contributed by atoms with Gasteiger partial charge >= 0.3 is 0 Å². The van der Waals surface area contributed by atoms with Gasteiger partial charge in [-0.05, 0) is 73.6 Å². The molecule has 5 aromatic rings. The van der Waals surface area contributed by atoms with Crippen LogP contribution in [0.25, 0.3) is 11.2 Å².